The van der Waals surface area contributed by atoms with Crippen molar-refractivity contribution in [3.05, 3.63) is 23.9 Å². The third kappa shape index (κ3) is 3.11. The van der Waals surface area contributed by atoms with Crippen LogP contribution in [0.3, 0.4) is 0 Å². The molecule has 1 saturated heterocycles. The van der Waals surface area contributed by atoms with Gasteiger partial charge in [-0.05, 0) is 49.1 Å². The summed E-state index contributed by atoms with van der Waals surface area (Å²) in [7, 11) is 0. The molecular weight excluding hydrogens is 274 g/mol. The van der Waals surface area contributed by atoms with Crippen molar-refractivity contribution >= 4 is 11.7 Å². The maximum absolute atomic E-state index is 12.6. The largest absolute Gasteiger partial charge is 0.369 e. The van der Waals surface area contributed by atoms with Crippen LogP contribution >= 0.6 is 0 Å². The molecule has 4 nitrogen and oxygen atoms in total. The summed E-state index contributed by atoms with van der Waals surface area (Å²) in [5, 5.41) is 3.46. The molecule has 0 spiro atoms. The van der Waals surface area contributed by atoms with Gasteiger partial charge in [-0.25, -0.2) is 4.98 Å². The second-order valence-corrected chi connectivity index (χ2v) is 7.36. The van der Waals surface area contributed by atoms with Crippen LogP contribution in [0.1, 0.15) is 56.3 Å². The maximum atomic E-state index is 12.6. The first kappa shape index (κ1) is 15.3. The van der Waals surface area contributed by atoms with Gasteiger partial charge in [0.05, 0.1) is 5.56 Å². The van der Waals surface area contributed by atoms with Crippen molar-refractivity contribution in [2.24, 2.45) is 11.3 Å². The zero-order valence-electron chi connectivity index (χ0n) is 13.8. The van der Waals surface area contributed by atoms with Gasteiger partial charge in [0.2, 0.25) is 0 Å². The van der Waals surface area contributed by atoms with Crippen LogP contribution in [0.5, 0.6) is 0 Å². The molecule has 1 amide bonds. The molecule has 0 bridgehead atoms. The predicted molar refractivity (Wildman–Crippen MR) is 89.0 cm³/mol. The van der Waals surface area contributed by atoms with Gasteiger partial charge in [-0.2, -0.15) is 0 Å². The second kappa shape index (κ2) is 6.27. The summed E-state index contributed by atoms with van der Waals surface area (Å²) in [6.45, 7) is 7.36. The Morgan fingerprint density at radius 2 is 2.14 bits per heavy atom. The lowest BCUT2D eigenvalue weighted by molar-refractivity contribution is 0.0793. The number of rotatable bonds is 4. The Balaban J connectivity index is 1.70. The van der Waals surface area contributed by atoms with Crippen LogP contribution in [-0.4, -0.2) is 35.4 Å². The minimum Gasteiger partial charge on any atom is -0.369 e. The third-order valence-electron chi connectivity index (χ3n) is 5.43. The lowest BCUT2D eigenvalue weighted by Gasteiger charge is -2.27. The van der Waals surface area contributed by atoms with Gasteiger partial charge >= 0.3 is 0 Å². The Hall–Kier alpha value is -1.58. The molecule has 2 heterocycles. The molecule has 1 aromatic heterocycles. The average molecular weight is 301 g/mol. The number of likely N-dealkylation sites (tertiary alicyclic amines) is 1. The van der Waals surface area contributed by atoms with Crippen molar-refractivity contribution < 1.29 is 4.79 Å². The van der Waals surface area contributed by atoms with E-state index in [2.05, 4.69) is 24.1 Å². The number of anilines is 1. The molecule has 0 aromatic carbocycles. The molecule has 4 heteroatoms. The fraction of sp³-hybridized carbons (Fsp3) is 0.667. The van der Waals surface area contributed by atoms with Gasteiger partial charge in [-0.1, -0.05) is 20.3 Å². The first-order valence-electron chi connectivity index (χ1n) is 8.56. The molecule has 1 atom stereocenters. The van der Waals surface area contributed by atoms with Crippen molar-refractivity contribution in [3.63, 3.8) is 0 Å². The normalized spacial score (nSPS) is 23.7. The zero-order chi connectivity index (χ0) is 15.6. The monoisotopic (exact) mass is 301 g/mol. The molecule has 1 N–H and O–H groups in total. The van der Waals surface area contributed by atoms with Gasteiger partial charge in [0, 0.05) is 25.8 Å². The summed E-state index contributed by atoms with van der Waals surface area (Å²) in [4.78, 5) is 19.0. The van der Waals surface area contributed by atoms with Crippen LogP contribution in [0.15, 0.2) is 18.3 Å². The van der Waals surface area contributed by atoms with E-state index in [1.807, 2.05) is 17.0 Å². The topological polar surface area (TPSA) is 45.2 Å². The van der Waals surface area contributed by atoms with Crippen LogP contribution in [-0.2, 0) is 0 Å². The standard InChI is InChI=1S/C18H27N3O/c1-18(2)9-5-7-14(18)13-20-16-15(8-6-10-19-16)17(22)21-11-3-4-12-21/h6,8,10,14H,3-5,7,9,11-13H2,1-2H3,(H,19,20). The van der Waals surface area contributed by atoms with Crippen LogP contribution in [0.4, 0.5) is 5.82 Å². The van der Waals surface area contributed by atoms with E-state index < -0.39 is 0 Å². The first-order chi connectivity index (χ1) is 10.6. The molecule has 1 aromatic rings. The fourth-order valence-electron chi connectivity index (χ4n) is 3.81. The number of hydrogen-bond acceptors (Lipinski definition) is 3. The minimum absolute atomic E-state index is 0.124. The molecule has 3 rings (SSSR count). The van der Waals surface area contributed by atoms with E-state index in [9.17, 15) is 4.79 Å². The minimum atomic E-state index is 0.124. The van der Waals surface area contributed by atoms with Crippen LogP contribution < -0.4 is 5.32 Å². The van der Waals surface area contributed by atoms with E-state index in [1.54, 1.807) is 6.20 Å². The molecule has 1 unspecified atom stereocenters. The van der Waals surface area contributed by atoms with Gasteiger partial charge in [-0.15, -0.1) is 0 Å². The number of aromatic nitrogens is 1. The first-order valence-corrected chi connectivity index (χ1v) is 8.56. The van der Waals surface area contributed by atoms with E-state index in [0.29, 0.717) is 11.3 Å². The van der Waals surface area contributed by atoms with Gasteiger partial charge in [0.25, 0.3) is 5.91 Å². The molecule has 0 radical (unpaired) electrons. The van der Waals surface area contributed by atoms with Crippen molar-refractivity contribution in [1.82, 2.24) is 9.88 Å². The smallest absolute Gasteiger partial charge is 0.257 e. The summed E-state index contributed by atoms with van der Waals surface area (Å²) >= 11 is 0. The van der Waals surface area contributed by atoms with Gasteiger partial charge in [-0.3, -0.25) is 4.79 Å². The molecule has 22 heavy (non-hydrogen) atoms. The van der Waals surface area contributed by atoms with Crippen LogP contribution in [0, 0.1) is 11.3 Å². The van der Waals surface area contributed by atoms with Gasteiger partial charge in [0.15, 0.2) is 0 Å². The Morgan fingerprint density at radius 1 is 1.36 bits per heavy atom. The van der Waals surface area contributed by atoms with E-state index in [-0.39, 0.29) is 5.91 Å². The maximum Gasteiger partial charge on any atom is 0.257 e. The molecule has 2 aliphatic rings. The quantitative estimate of drug-likeness (QED) is 0.925. The number of carbonyl (C=O) groups is 1. The van der Waals surface area contributed by atoms with Gasteiger partial charge in [0.1, 0.15) is 5.82 Å². The molecule has 1 aliphatic carbocycles. The fourth-order valence-corrected chi connectivity index (χ4v) is 3.81. The van der Waals surface area contributed by atoms with Crippen molar-refractivity contribution in [2.75, 3.05) is 25.0 Å². The predicted octanol–water partition coefficient (Wildman–Crippen LogP) is 3.56. The van der Waals surface area contributed by atoms with E-state index in [4.69, 9.17) is 0 Å². The average Bonchev–Trinajstić information content (AvgIpc) is 3.14. The highest BCUT2D eigenvalue weighted by Crippen LogP contribution is 2.42. The number of pyridine rings is 1. The van der Waals surface area contributed by atoms with E-state index in [0.717, 1.165) is 43.9 Å². The number of hydrogen-bond donors (Lipinski definition) is 1. The van der Waals surface area contributed by atoms with Crippen molar-refractivity contribution in [2.45, 2.75) is 46.0 Å². The number of carbonyl (C=O) groups excluding carboxylic acids is 1. The van der Waals surface area contributed by atoms with E-state index >= 15 is 0 Å². The Bertz CT molecular complexity index is 535. The third-order valence-corrected chi connectivity index (χ3v) is 5.43. The Kier molecular flexibility index (Phi) is 4.37. The molecule has 1 aliphatic heterocycles. The highest BCUT2D eigenvalue weighted by atomic mass is 16.2. The second-order valence-electron chi connectivity index (χ2n) is 7.36. The van der Waals surface area contributed by atoms with Crippen molar-refractivity contribution in [1.29, 1.82) is 0 Å². The summed E-state index contributed by atoms with van der Waals surface area (Å²) < 4.78 is 0. The summed E-state index contributed by atoms with van der Waals surface area (Å²) in [5.74, 6) is 1.53. The molecule has 120 valence electrons. The SMILES string of the molecule is CC1(C)CCCC1CNc1ncccc1C(=O)N1CCCC1. The summed E-state index contributed by atoms with van der Waals surface area (Å²) in [6, 6.07) is 3.75. The highest BCUT2D eigenvalue weighted by molar-refractivity contribution is 5.98. The van der Waals surface area contributed by atoms with Crippen LogP contribution in [0.2, 0.25) is 0 Å². The number of amides is 1. The van der Waals surface area contributed by atoms with Crippen molar-refractivity contribution in [3.8, 4) is 0 Å². The lowest BCUT2D eigenvalue weighted by atomic mass is 9.82. The van der Waals surface area contributed by atoms with Gasteiger partial charge < -0.3 is 10.2 Å². The molecule has 1 saturated carbocycles. The Labute approximate surface area is 133 Å². The zero-order valence-corrected chi connectivity index (χ0v) is 13.8. The molecule has 2 fully saturated rings. The van der Waals surface area contributed by atoms with Crippen LogP contribution in [0.25, 0.3) is 0 Å². The number of nitrogens with one attached hydrogen (secondary N) is 1. The molecular formula is C18H27N3O. The summed E-state index contributed by atoms with van der Waals surface area (Å²) in [6.07, 6.45) is 7.86. The highest BCUT2D eigenvalue weighted by Gasteiger charge is 2.34. The van der Waals surface area contributed by atoms with E-state index in [1.165, 1.54) is 19.3 Å². The summed E-state index contributed by atoms with van der Waals surface area (Å²) in [5.41, 5.74) is 1.11. The number of nitrogens with zero attached hydrogens (tertiary/aromatic N) is 2. The Morgan fingerprint density at radius 3 is 2.82 bits per heavy atom. The lowest BCUT2D eigenvalue weighted by Crippen LogP contribution is -2.30.